The first-order chi connectivity index (χ1) is 8.96. The number of carbonyl (C=O) groups excluding carboxylic acids is 1. The molecule has 0 aliphatic carbocycles. The van der Waals surface area contributed by atoms with Crippen molar-refractivity contribution in [3.63, 3.8) is 0 Å². The van der Waals surface area contributed by atoms with Gasteiger partial charge in [0.15, 0.2) is 5.03 Å². The van der Waals surface area contributed by atoms with Gasteiger partial charge in [-0.25, -0.2) is 18.2 Å². The van der Waals surface area contributed by atoms with Gasteiger partial charge in [0.1, 0.15) is 12.0 Å². The number of aryl methyl sites for hydroxylation is 1. The number of aliphatic imine (C=N–C) groups is 1. The van der Waals surface area contributed by atoms with E-state index >= 15 is 0 Å². The third-order valence-electron chi connectivity index (χ3n) is 3.29. The molecule has 1 aliphatic heterocycles. The highest BCUT2D eigenvalue weighted by atomic mass is 32.2. The number of imidazole rings is 1. The molecule has 7 nitrogen and oxygen atoms in total. The summed E-state index contributed by atoms with van der Waals surface area (Å²) < 4.78 is 26.2. The van der Waals surface area contributed by atoms with Gasteiger partial charge in [-0.05, 0) is 25.7 Å². The molecule has 1 aromatic rings. The van der Waals surface area contributed by atoms with Crippen molar-refractivity contribution in [3.05, 3.63) is 12.0 Å². The summed E-state index contributed by atoms with van der Waals surface area (Å²) in [6.45, 7) is 3.91. The molecule has 1 N–H and O–H groups in total. The van der Waals surface area contributed by atoms with Gasteiger partial charge in [-0.2, -0.15) is 9.30 Å². The Morgan fingerprint density at radius 1 is 1.58 bits per heavy atom. The Labute approximate surface area is 111 Å². The Bertz CT molecular complexity index is 603. The van der Waals surface area contributed by atoms with Gasteiger partial charge in [-0.1, -0.05) is 6.92 Å². The number of aromatic nitrogens is 2. The molecule has 2 heterocycles. The van der Waals surface area contributed by atoms with Crippen LogP contribution in [0.15, 0.2) is 16.2 Å². The lowest BCUT2D eigenvalue weighted by atomic mass is 9.98. The molecule has 1 saturated heterocycles. The molecule has 19 heavy (non-hydrogen) atoms. The molecule has 1 fully saturated rings. The maximum atomic E-state index is 12.5. The van der Waals surface area contributed by atoms with E-state index in [4.69, 9.17) is 0 Å². The monoisotopic (exact) mass is 284 g/mol. The van der Waals surface area contributed by atoms with Gasteiger partial charge in [0, 0.05) is 6.54 Å². The average Bonchev–Trinajstić information content (AvgIpc) is 2.79. The fraction of sp³-hybridized carbons (Fsp3) is 0.636. The summed E-state index contributed by atoms with van der Waals surface area (Å²) in [5, 5.41) is 0.0326. The summed E-state index contributed by atoms with van der Waals surface area (Å²) in [5.74, 6) is 0.521. The highest BCUT2D eigenvalue weighted by Crippen LogP contribution is 2.28. The summed E-state index contributed by atoms with van der Waals surface area (Å²) in [4.78, 5) is 20.8. The third-order valence-corrected chi connectivity index (χ3v) is 5.07. The molecule has 2 rings (SSSR count). The van der Waals surface area contributed by atoms with E-state index in [0.29, 0.717) is 12.4 Å². The number of sulfonamides is 1. The SMILES string of the molecule is Cc1ncc(S(=O)(=O)N2CCCC(C)C2N=C=O)[nH]1. The molecule has 0 radical (unpaired) electrons. The Morgan fingerprint density at radius 2 is 2.32 bits per heavy atom. The van der Waals surface area contributed by atoms with Crippen molar-refractivity contribution in [3.8, 4) is 0 Å². The number of rotatable bonds is 3. The minimum Gasteiger partial charge on any atom is -0.332 e. The van der Waals surface area contributed by atoms with Crippen LogP contribution >= 0.6 is 0 Å². The number of isocyanates is 1. The first-order valence-corrected chi connectivity index (χ1v) is 7.51. The minimum absolute atomic E-state index is 0.00556. The van der Waals surface area contributed by atoms with Crippen LogP contribution in [0.5, 0.6) is 0 Å². The fourth-order valence-corrected chi connectivity index (χ4v) is 3.92. The maximum absolute atomic E-state index is 12.5. The molecule has 1 aromatic heterocycles. The molecular formula is C11H16N4O3S. The number of aromatic amines is 1. The summed E-state index contributed by atoms with van der Waals surface area (Å²) >= 11 is 0. The van der Waals surface area contributed by atoms with Gasteiger partial charge in [-0.15, -0.1) is 0 Å². The van der Waals surface area contributed by atoms with Crippen LogP contribution < -0.4 is 0 Å². The van der Waals surface area contributed by atoms with E-state index < -0.39 is 16.2 Å². The lowest BCUT2D eigenvalue weighted by Crippen LogP contribution is -2.46. The molecule has 2 unspecified atom stereocenters. The van der Waals surface area contributed by atoms with Crippen LogP contribution in [0.2, 0.25) is 0 Å². The maximum Gasteiger partial charge on any atom is 0.261 e. The van der Waals surface area contributed by atoms with Crippen molar-refractivity contribution in [1.82, 2.24) is 14.3 Å². The molecule has 0 spiro atoms. The quantitative estimate of drug-likeness (QED) is 0.656. The molecule has 0 amide bonds. The molecule has 8 heteroatoms. The molecule has 0 saturated carbocycles. The molecule has 2 atom stereocenters. The topological polar surface area (TPSA) is 95.5 Å². The molecular weight excluding hydrogens is 268 g/mol. The van der Waals surface area contributed by atoms with Crippen LogP contribution in [0, 0.1) is 12.8 Å². The van der Waals surface area contributed by atoms with Crippen LogP contribution in [0.3, 0.4) is 0 Å². The first kappa shape index (κ1) is 13.9. The summed E-state index contributed by atoms with van der Waals surface area (Å²) in [6, 6.07) is 0. The van der Waals surface area contributed by atoms with E-state index in [2.05, 4.69) is 15.0 Å². The Morgan fingerprint density at radius 3 is 2.89 bits per heavy atom. The van der Waals surface area contributed by atoms with Gasteiger partial charge in [0.05, 0.1) is 6.20 Å². The van der Waals surface area contributed by atoms with Gasteiger partial charge in [0.2, 0.25) is 6.08 Å². The lowest BCUT2D eigenvalue weighted by Gasteiger charge is -2.34. The zero-order valence-corrected chi connectivity index (χ0v) is 11.6. The van der Waals surface area contributed by atoms with Crippen LogP contribution in [-0.4, -0.2) is 41.5 Å². The van der Waals surface area contributed by atoms with E-state index in [1.54, 1.807) is 6.92 Å². The van der Waals surface area contributed by atoms with Crippen molar-refractivity contribution in [2.24, 2.45) is 10.9 Å². The van der Waals surface area contributed by atoms with Crippen molar-refractivity contribution in [1.29, 1.82) is 0 Å². The van der Waals surface area contributed by atoms with Crippen molar-refractivity contribution >= 4 is 16.1 Å². The van der Waals surface area contributed by atoms with Crippen molar-refractivity contribution in [2.45, 2.75) is 37.9 Å². The summed E-state index contributed by atoms with van der Waals surface area (Å²) in [7, 11) is -3.70. The van der Waals surface area contributed by atoms with Gasteiger partial charge in [-0.3, -0.25) is 0 Å². The second kappa shape index (κ2) is 5.24. The third kappa shape index (κ3) is 2.60. The van der Waals surface area contributed by atoms with Crippen LogP contribution in [0.1, 0.15) is 25.6 Å². The second-order valence-electron chi connectivity index (χ2n) is 4.70. The number of hydrogen-bond donors (Lipinski definition) is 1. The highest BCUT2D eigenvalue weighted by molar-refractivity contribution is 7.89. The minimum atomic E-state index is -3.70. The predicted molar refractivity (Wildman–Crippen MR) is 67.5 cm³/mol. The number of nitrogens with zero attached hydrogens (tertiary/aromatic N) is 3. The summed E-state index contributed by atoms with van der Waals surface area (Å²) in [6.07, 6.45) is 3.66. The zero-order chi connectivity index (χ0) is 14.0. The highest BCUT2D eigenvalue weighted by Gasteiger charge is 2.38. The van der Waals surface area contributed by atoms with E-state index in [9.17, 15) is 13.2 Å². The van der Waals surface area contributed by atoms with Crippen LogP contribution in [-0.2, 0) is 14.8 Å². The number of H-pyrrole nitrogens is 1. The Balaban J connectivity index is 2.40. The van der Waals surface area contributed by atoms with Crippen LogP contribution in [0.4, 0.5) is 0 Å². The molecule has 1 aliphatic rings. The van der Waals surface area contributed by atoms with Gasteiger partial charge in [0.25, 0.3) is 10.0 Å². The molecule has 0 bridgehead atoms. The Kier molecular flexibility index (Phi) is 3.84. The van der Waals surface area contributed by atoms with Gasteiger partial charge < -0.3 is 4.98 Å². The smallest absolute Gasteiger partial charge is 0.261 e. The normalized spacial score (nSPS) is 24.9. The zero-order valence-electron chi connectivity index (χ0n) is 10.8. The fourth-order valence-electron chi connectivity index (χ4n) is 2.30. The average molecular weight is 284 g/mol. The van der Waals surface area contributed by atoms with E-state index in [0.717, 1.165) is 12.8 Å². The van der Waals surface area contributed by atoms with E-state index in [-0.39, 0.29) is 10.9 Å². The molecule has 104 valence electrons. The van der Waals surface area contributed by atoms with Crippen LogP contribution in [0.25, 0.3) is 0 Å². The number of nitrogens with one attached hydrogen (secondary N) is 1. The number of piperidine rings is 1. The van der Waals surface area contributed by atoms with Gasteiger partial charge >= 0.3 is 0 Å². The second-order valence-corrected chi connectivity index (χ2v) is 6.56. The van der Waals surface area contributed by atoms with E-state index in [1.165, 1.54) is 16.6 Å². The lowest BCUT2D eigenvalue weighted by molar-refractivity contribution is 0.193. The summed E-state index contributed by atoms with van der Waals surface area (Å²) in [5.41, 5.74) is 0. The predicted octanol–water partition coefficient (Wildman–Crippen LogP) is 0.801. The van der Waals surface area contributed by atoms with Crippen molar-refractivity contribution < 1.29 is 13.2 Å². The standard InChI is InChI=1S/C11H16N4O3S/c1-8-4-3-5-15(11(8)13-7-16)19(17,18)10-6-12-9(2)14-10/h6,8,11H,3-5H2,1-2H3,(H,12,14). The largest absolute Gasteiger partial charge is 0.332 e. The van der Waals surface area contributed by atoms with E-state index in [1.807, 2.05) is 6.92 Å². The van der Waals surface area contributed by atoms with Crippen molar-refractivity contribution in [2.75, 3.05) is 6.54 Å². The number of hydrogen-bond acceptors (Lipinski definition) is 5. The Hall–Kier alpha value is -1.50. The first-order valence-electron chi connectivity index (χ1n) is 6.07. The molecule has 0 aromatic carbocycles.